The van der Waals surface area contributed by atoms with E-state index in [0.717, 1.165) is 18.6 Å². The Labute approximate surface area is 88.3 Å². The second kappa shape index (κ2) is 4.49. The molecule has 1 aliphatic rings. The highest BCUT2D eigenvalue weighted by molar-refractivity contribution is 5.67. The molecule has 4 nitrogen and oxygen atoms in total. The number of furan rings is 1. The number of rotatable bonds is 6. The highest BCUT2D eigenvalue weighted by Gasteiger charge is 2.32. The van der Waals surface area contributed by atoms with E-state index in [4.69, 9.17) is 9.52 Å². The largest absolute Gasteiger partial charge is 0.481 e. The van der Waals surface area contributed by atoms with Crippen LogP contribution in [0.3, 0.4) is 0 Å². The molecule has 0 saturated heterocycles. The molecule has 0 amide bonds. The highest BCUT2D eigenvalue weighted by atomic mass is 16.4. The molecular formula is C11H15NO3. The molecule has 0 spiro atoms. The number of carboxylic acid groups (broad SMARTS) is 1. The van der Waals surface area contributed by atoms with Crippen LogP contribution in [-0.4, -0.2) is 17.1 Å². The Balaban J connectivity index is 1.81. The third kappa shape index (κ3) is 3.09. The Morgan fingerprint density at radius 2 is 2.47 bits per heavy atom. The molecule has 1 heterocycles. The van der Waals surface area contributed by atoms with E-state index in [9.17, 15) is 4.79 Å². The molecule has 1 aromatic rings. The fourth-order valence-corrected chi connectivity index (χ4v) is 1.74. The molecule has 1 unspecified atom stereocenters. The quantitative estimate of drug-likeness (QED) is 0.747. The summed E-state index contributed by atoms with van der Waals surface area (Å²) >= 11 is 0. The lowest BCUT2D eigenvalue weighted by molar-refractivity contribution is -0.137. The SMILES string of the molecule is O=C(O)CC(NCc1ccco1)C1CC1. The summed E-state index contributed by atoms with van der Waals surface area (Å²) < 4.78 is 5.18. The van der Waals surface area contributed by atoms with Crippen LogP contribution < -0.4 is 5.32 Å². The minimum absolute atomic E-state index is 0.0904. The maximum Gasteiger partial charge on any atom is 0.304 e. The summed E-state index contributed by atoms with van der Waals surface area (Å²) in [5.74, 6) is 0.654. The predicted molar refractivity (Wildman–Crippen MR) is 54.3 cm³/mol. The van der Waals surface area contributed by atoms with Gasteiger partial charge in [0.2, 0.25) is 0 Å². The number of hydrogen-bond donors (Lipinski definition) is 2. The second-order valence-electron chi connectivity index (χ2n) is 4.00. The first-order valence-electron chi connectivity index (χ1n) is 5.23. The molecular weight excluding hydrogens is 194 g/mol. The van der Waals surface area contributed by atoms with Crippen molar-refractivity contribution in [1.82, 2.24) is 5.32 Å². The summed E-state index contributed by atoms with van der Waals surface area (Å²) in [7, 11) is 0. The van der Waals surface area contributed by atoms with Crippen molar-refractivity contribution >= 4 is 5.97 Å². The first-order valence-corrected chi connectivity index (χ1v) is 5.23. The van der Waals surface area contributed by atoms with Gasteiger partial charge in [-0.3, -0.25) is 4.79 Å². The van der Waals surface area contributed by atoms with Gasteiger partial charge in [-0.05, 0) is 30.9 Å². The van der Waals surface area contributed by atoms with Gasteiger partial charge >= 0.3 is 5.97 Å². The Kier molecular flexibility index (Phi) is 3.06. The molecule has 1 fully saturated rings. The molecule has 0 radical (unpaired) electrons. The maximum absolute atomic E-state index is 10.6. The van der Waals surface area contributed by atoms with Gasteiger partial charge in [0.15, 0.2) is 0 Å². The highest BCUT2D eigenvalue weighted by Crippen LogP contribution is 2.34. The number of carboxylic acids is 1. The lowest BCUT2D eigenvalue weighted by atomic mass is 10.1. The molecule has 15 heavy (non-hydrogen) atoms. The van der Waals surface area contributed by atoms with Crippen LogP contribution in [-0.2, 0) is 11.3 Å². The molecule has 0 aromatic carbocycles. The summed E-state index contributed by atoms with van der Waals surface area (Å²) in [5, 5.41) is 12.0. The van der Waals surface area contributed by atoms with Crippen LogP contribution >= 0.6 is 0 Å². The van der Waals surface area contributed by atoms with Crippen molar-refractivity contribution in [3.05, 3.63) is 24.2 Å². The zero-order chi connectivity index (χ0) is 10.7. The smallest absolute Gasteiger partial charge is 0.304 e. The molecule has 0 aliphatic heterocycles. The van der Waals surface area contributed by atoms with Crippen LogP contribution in [0, 0.1) is 5.92 Å². The first-order chi connectivity index (χ1) is 7.25. The van der Waals surface area contributed by atoms with Gasteiger partial charge in [0.05, 0.1) is 19.2 Å². The molecule has 1 saturated carbocycles. The van der Waals surface area contributed by atoms with Crippen molar-refractivity contribution in [2.45, 2.75) is 31.8 Å². The van der Waals surface area contributed by atoms with Crippen molar-refractivity contribution < 1.29 is 14.3 Å². The Hall–Kier alpha value is -1.29. The minimum Gasteiger partial charge on any atom is -0.481 e. The average molecular weight is 209 g/mol. The van der Waals surface area contributed by atoms with Crippen molar-refractivity contribution in [2.24, 2.45) is 5.92 Å². The van der Waals surface area contributed by atoms with Crippen LogP contribution in [0.5, 0.6) is 0 Å². The zero-order valence-corrected chi connectivity index (χ0v) is 8.48. The van der Waals surface area contributed by atoms with E-state index in [0.29, 0.717) is 12.5 Å². The molecule has 4 heteroatoms. The fourth-order valence-electron chi connectivity index (χ4n) is 1.74. The van der Waals surface area contributed by atoms with Gasteiger partial charge in [-0.25, -0.2) is 0 Å². The monoisotopic (exact) mass is 209 g/mol. The molecule has 1 aliphatic carbocycles. The van der Waals surface area contributed by atoms with Gasteiger partial charge in [-0.2, -0.15) is 0 Å². The maximum atomic E-state index is 10.6. The molecule has 0 bridgehead atoms. The van der Waals surface area contributed by atoms with Gasteiger partial charge < -0.3 is 14.8 Å². The Morgan fingerprint density at radius 1 is 1.67 bits per heavy atom. The molecule has 82 valence electrons. The van der Waals surface area contributed by atoms with Gasteiger partial charge in [0, 0.05) is 6.04 Å². The topological polar surface area (TPSA) is 62.5 Å². The Bertz CT molecular complexity index is 317. The number of aliphatic carboxylic acids is 1. The summed E-state index contributed by atoms with van der Waals surface area (Å²) in [6, 6.07) is 3.81. The van der Waals surface area contributed by atoms with Crippen LogP contribution in [0.1, 0.15) is 25.0 Å². The third-order valence-electron chi connectivity index (χ3n) is 2.70. The van der Waals surface area contributed by atoms with Gasteiger partial charge in [0.1, 0.15) is 5.76 Å². The van der Waals surface area contributed by atoms with Crippen LogP contribution in [0.4, 0.5) is 0 Å². The van der Waals surface area contributed by atoms with Crippen LogP contribution in [0.25, 0.3) is 0 Å². The van der Waals surface area contributed by atoms with E-state index in [1.54, 1.807) is 6.26 Å². The normalized spacial score (nSPS) is 17.6. The number of carbonyl (C=O) groups is 1. The van der Waals surface area contributed by atoms with E-state index in [2.05, 4.69) is 5.32 Å². The van der Waals surface area contributed by atoms with Crippen molar-refractivity contribution in [1.29, 1.82) is 0 Å². The molecule has 1 atom stereocenters. The summed E-state index contributed by atoms with van der Waals surface area (Å²) in [4.78, 5) is 10.6. The summed E-state index contributed by atoms with van der Waals surface area (Å²) in [6.45, 7) is 0.613. The fraction of sp³-hybridized carbons (Fsp3) is 0.545. The van der Waals surface area contributed by atoms with E-state index < -0.39 is 5.97 Å². The van der Waals surface area contributed by atoms with Crippen molar-refractivity contribution in [2.75, 3.05) is 0 Å². The van der Waals surface area contributed by atoms with Crippen LogP contribution in [0.15, 0.2) is 22.8 Å². The van der Waals surface area contributed by atoms with E-state index in [1.165, 1.54) is 0 Å². The van der Waals surface area contributed by atoms with Gasteiger partial charge in [-0.15, -0.1) is 0 Å². The molecule has 2 rings (SSSR count). The lowest BCUT2D eigenvalue weighted by Gasteiger charge is -2.14. The summed E-state index contributed by atoms with van der Waals surface area (Å²) in [6.07, 6.45) is 4.11. The van der Waals surface area contributed by atoms with Gasteiger partial charge in [-0.1, -0.05) is 0 Å². The zero-order valence-electron chi connectivity index (χ0n) is 8.48. The lowest BCUT2D eigenvalue weighted by Crippen LogP contribution is -2.32. The van der Waals surface area contributed by atoms with Crippen molar-refractivity contribution in [3.8, 4) is 0 Å². The van der Waals surface area contributed by atoms with Crippen LogP contribution in [0.2, 0.25) is 0 Å². The molecule has 1 aromatic heterocycles. The minimum atomic E-state index is -0.737. The van der Waals surface area contributed by atoms with E-state index in [1.807, 2.05) is 12.1 Å². The van der Waals surface area contributed by atoms with Gasteiger partial charge in [0.25, 0.3) is 0 Å². The molecule has 2 N–H and O–H groups in total. The number of hydrogen-bond acceptors (Lipinski definition) is 3. The summed E-state index contributed by atoms with van der Waals surface area (Å²) in [5.41, 5.74) is 0. The second-order valence-corrected chi connectivity index (χ2v) is 4.00. The predicted octanol–water partition coefficient (Wildman–Crippen LogP) is 1.62. The standard InChI is InChI=1S/C11H15NO3/c13-11(14)6-10(8-3-4-8)12-7-9-2-1-5-15-9/h1-2,5,8,10,12H,3-4,6-7H2,(H,13,14). The van der Waals surface area contributed by atoms with Crippen molar-refractivity contribution in [3.63, 3.8) is 0 Å². The average Bonchev–Trinajstić information content (AvgIpc) is 2.90. The first kappa shape index (κ1) is 10.2. The number of nitrogens with one attached hydrogen (secondary N) is 1. The van der Waals surface area contributed by atoms with E-state index >= 15 is 0 Å². The Morgan fingerprint density at radius 3 is 3.00 bits per heavy atom. The third-order valence-corrected chi connectivity index (χ3v) is 2.70. The van der Waals surface area contributed by atoms with E-state index in [-0.39, 0.29) is 12.5 Å².